The second-order valence-electron chi connectivity index (χ2n) is 4.79. The van der Waals surface area contributed by atoms with Crippen LogP contribution in [-0.2, 0) is 5.92 Å². The molecule has 0 spiro atoms. The van der Waals surface area contributed by atoms with E-state index in [1.165, 1.54) is 24.3 Å². The molecule has 2 aromatic rings. The number of nitrogens with one attached hydrogen (secondary N) is 1. The molecule has 0 aliphatic rings. The van der Waals surface area contributed by atoms with E-state index in [2.05, 4.69) is 0 Å². The van der Waals surface area contributed by atoms with Gasteiger partial charge in [-0.25, -0.2) is 0 Å². The van der Waals surface area contributed by atoms with Crippen LogP contribution >= 0.6 is 23.2 Å². The van der Waals surface area contributed by atoms with E-state index in [-0.39, 0.29) is 15.6 Å². The lowest BCUT2D eigenvalue weighted by atomic mass is 10.1. The van der Waals surface area contributed by atoms with Crippen molar-refractivity contribution >= 4 is 34.8 Å². The third kappa shape index (κ3) is 3.98. The van der Waals surface area contributed by atoms with Crippen LogP contribution in [0.15, 0.2) is 42.5 Å². The normalized spacial score (nSPS) is 11.2. The fourth-order valence-corrected chi connectivity index (χ4v) is 2.54. The molecule has 5 nitrogen and oxygen atoms in total. The maximum atomic E-state index is 14.2. The average Bonchev–Trinajstić information content (AvgIpc) is 2.52. The summed E-state index contributed by atoms with van der Waals surface area (Å²) in [6.07, 6.45) is 0. The van der Waals surface area contributed by atoms with E-state index in [0.29, 0.717) is 0 Å². The predicted molar refractivity (Wildman–Crippen MR) is 85.8 cm³/mol. The van der Waals surface area contributed by atoms with Crippen molar-refractivity contribution in [3.63, 3.8) is 0 Å². The maximum Gasteiger partial charge on any atom is 0.291 e. The molecule has 2 aromatic carbocycles. The Morgan fingerprint density at radius 3 is 2.50 bits per heavy atom. The summed E-state index contributed by atoms with van der Waals surface area (Å²) in [5.41, 5.74) is -1.28. The molecular weight excluding hydrogens is 365 g/mol. The molecule has 9 heteroatoms. The number of alkyl halides is 2. The number of hydrogen-bond donors (Lipinski definition) is 1. The zero-order valence-corrected chi connectivity index (χ0v) is 13.4. The summed E-state index contributed by atoms with van der Waals surface area (Å²) in [6, 6.07) is 8.54. The molecule has 0 saturated carbocycles. The van der Waals surface area contributed by atoms with Gasteiger partial charge in [-0.1, -0.05) is 35.3 Å². The Bertz CT molecular complexity index is 800. The summed E-state index contributed by atoms with van der Waals surface area (Å²) < 4.78 is 28.4. The van der Waals surface area contributed by atoms with Crippen LogP contribution in [0.1, 0.15) is 15.9 Å². The molecule has 2 rings (SSSR count). The summed E-state index contributed by atoms with van der Waals surface area (Å²) in [5, 5.41) is 12.8. The molecule has 0 bridgehead atoms. The van der Waals surface area contributed by atoms with Crippen molar-refractivity contribution in [1.29, 1.82) is 0 Å². The molecule has 0 radical (unpaired) electrons. The lowest BCUT2D eigenvalue weighted by Crippen LogP contribution is -2.35. The zero-order valence-electron chi connectivity index (χ0n) is 11.9. The summed E-state index contributed by atoms with van der Waals surface area (Å²) in [6.45, 7) is -1.07. The molecule has 0 unspecified atom stereocenters. The minimum absolute atomic E-state index is 0.198. The number of amides is 1. The molecule has 1 amide bonds. The van der Waals surface area contributed by atoms with Crippen LogP contribution in [0.2, 0.25) is 10.0 Å². The van der Waals surface area contributed by atoms with Crippen molar-refractivity contribution in [2.24, 2.45) is 0 Å². The molecule has 24 heavy (non-hydrogen) atoms. The van der Waals surface area contributed by atoms with E-state index in [0.717, 1.165) is 18.2 Å². The van der Waals surface area contributed by atoms with Gasteiger partial charge in [-0.3, -0.25) is 14.9 Å². The molecule has 0 aliphatic carbocycles. The van der Waals surface area contributed by atoms with E-state index in [4.69, 9.17) is 23.2 Å². The quantitative estimate of drug-likeness (QED) is 0.621. The van der Waals surface area contributed by atoms with Gasteiger partial charge in [0, 0.05) is 16.7 Å². The van der Waals surface area contributed by atoms with E-state index in [1.807, 2.05) is 5.32 Å². The Balaban J connectivity index is 2.17. The number of halogens is 4. The Morgan fingerprint density at radius 1 is 1.21 bits per heavy atom. The second kappa shape index (κ2) is 7.11. The average molecular weight is 375 g/mol. The molecular formula is C15H10Cl2F2N2O3. The highest BCUT2D eigenvalue weighted by Gasteiger charge is 2.35. The van der Waals surface area contributed by atoms with Gasteiger partial charge in [-0.15, -0.1) is 0 Å². The molecule has 0 aromatic heterocycles. The number of hydrogen-bond acceptors (Lipinski definition) is 3. The first-order valence-corrected chi connectivity index (χ1v) is 7.33. The monoisotopic (exact) mass is 374 g/mol. The largest absolute Gasteiger partial charge is 0.345 e. The summed E-state index contributed by atoms with van der Waals surface area (Å²) in [4.78, 5) is 22.1. The molecule has 0 saturated heterocycles. The number of nitrogens with zero attached hydrogens (tertiary/aromatic N) is 1. The molecule has 0 fully saturated rings. The van der Waals surface area contributed by atoms with Crippen LogP contribution < -0.4 is 5.32 Å². The van der Waals surface area contributed by atoms with Crippen LogP contribution in [0.3, 0.4) is 0 Å². The van der Waals surface area contributed by atoms with Crippen LogP contribution in [0, 0.1) is 10.1 Å². The zero-order chi connectivity index (χ0) is 17.9. The number of carbonyl (C=O) groups excluding carboxylic acids is 1. The minimum Gasteiger partial charge on any atom is -0.345 e. The van der Waals surface area contributed by atoms with Crippen LogP contribution in [0.5, 0.6) is 0 Å². The van der Waals surface area contributed by atoms with Gasteiger partial charge in [0.05, 0.1) is 16.5 Å². The van der Waals surface area contributed by atoms with E-state index >= 15 is 0 Å². The van der Waals surface area contributed by atoms with Gasteiger partial charge in [0.2, 0.25) is 0 Å². The van der Waals surface area contributed by atoms with Gasteiger partial charge >= 0.3 is 0 Å². The number of carbonyl (C=O) groups is 1. The first-order chi connectivity index (χ1) is 11.2. The van der Waals surface area contributed by atoms with Gasteiger partial charge in [-0.05, 0) is 24.3 Å². The van der Waals surface area contributed by atoms with Gasteiger partial charge in [0.15, 0.2) is 0 Å². The molecule has 0 atom stereocenters. The van der Waals surface area contributed by atoms with Crippen LogP contribution in [0.4, 0.5) is 14.5 Å². The fraction of sp³-hybridized carbons (Fsp3) is 0.133. The summed E-state index contributed by atoms with van der Waals surface area (Å²) in [5.74, 6) is -4.45. The third-order valence-corrected chi connectivity index (χ3v) is 3.69. The molecule has 1 N–H and O–H groups in total. The topological polar surface area (TPSA) is 72.2 Å². The van der Waals surface area contributed by atoms with Gasteiger partial charge < -0.3 is 5.32 Å². The number of nitro benzene ring substituents is 1. The smallest absolute Gasteiger partial charge is 0.291 e. The van der Waals surface area contributed by atoms with Gasteiger partial charge in [0.1, 0.15) is 5.56 Å². The van der Waals surface area contributed by atoms with Crippen LogP contribution in [0.25, 0.3) is 0 Å². The van der Waals surface area contributed by atoms with Crippen LogP contribution in [-0.4, -0.2) is 17.4 Å². The van der Waals surface area contributed by atoms with Gasteiger partial charge in [0.25, 0.3) is 17.5 Å². The van der Waals surface area contributed by atoms with Crippen molar-refractivity contribution in [2.75, 3.05) is 6.54 Å². The Morgan fingerprint density at radius 2 is 1.88 bits per heavy atom. The highest BCUT2D eigenvalue weighted by molar-refractivity contribution is 6.35. The van der Waals surface area contributed by atoms with E-state index in [1.54, 1.807) is 0 Å². The van der Waals surface area contributed by atoms with Crippen molar-refractivity contribution in [3.8, 4) is 0 Å². The predicted octanol–water partition coefficient (Wildman–Crippen LogP) is 4.42. The maximum absolute atomic E-state index is 14.2. The Kier molecular flexibility index (Phi) is 5.36. The SMILES string of the molecule is O=C(NCC(F)(F)c1ccc(Cl)cc1Cl)c1ccccc1[N+](=O)[O-]. The standard InChI is InChI=1S/C15H10Cl2F2N2O3/c16-9-5-6-11(12(17)7-9)15(18,19)8-20-14(22)10-3-1-2-4-13(10)21(23)24/h1-7H,8H2,(H,20,22). The first kappa shape index (κ1) is 18.1. The minimum atomic E-state index is -3.47. The lowest BCUT2D eigenvalue weighted by molar-refractivity contribution is -0.385. The van der Waals surface area contributed by atoms with Crippen molar-refractivity contribution in [1.82, 2.24) is 5.32 Å². The second-order valence-corrected chi connectivity index (χ2v) is 5.63. The number of nitro groups is 1. The summed E-state index contributed by atoms with van der Waals surface area (Å²) in [7, 11) is 0. The number of benzene rings is 2. The molecule has 0 aliphatic heterocycles. The summed E-state index contributed by atoms with van der Waals surface area (Å²) >= 11 is 11.4. The molecule has 126 valence electrons. The van der Waals surface area contributed by atoms with Crippen molar-refractivity contribution in [2.45, 2.75) is 5.92 Å². The highest BCUT2D eigenvalue weighted by Crippen LogP contribution is 2.34. The number of rotatable bonds is 5. The van der Waals surface area contributed by atoms with Gasteiger partial charge in [-0.2, -0.15) is 8.78 Å². The Labute approximate surface area is 145 Å². The number of para-hydroxylation sites is 1. The third-order valence-electron chi connectivity index (χ3n) is 3.14. The van der Waals surface area contributed by atoms with E-state index in [9.17, 15) is 23.7 Å². The highest BCUT2D eigenvalue weighted by atomic mass is 35.5. The lowest BCUT2D eigenvalue weighted by Gasteiger charge is -2.18. The fourth-order valence-electron chi connectivity index (χ4n) is 1.99. The first-order valence-electron chi connectivity index (χ1n) is 6.57. The van der Waals surface area contributed by atoms with E-state index < -0.39 is 34.5 Å². The Hall–Kier alpha value is -2.25. The van der Waals surface area contributed by atoms with Crippen molar-refractivity contribution < 1.29 is 18.5 Å². The van der Waals surface area contributed by atoms with Crippen molar-refractivity contribution in [3.05, 3.63) is 73.8 Å². The molecule has 0 heterocycles.